The van der Waals surface area contributed by atoms with Crippen LogP contribution in [-0.4, -0.2) is 30.4 Å². The molecule has 26 heavy (non-hydrogen) atoms. The van der Waals surface area contributed by atoms with Gasteiger partial charge in [0.1, 0.15) is 23.1 Å². The summed E-state index contributed by atoms with van der Waals surface area (Å²) >= 11 is 0. The molecule has 3 rings (SSSR count). The monoisotopic (exact) mass is 348 g/mol. The number of nitrogens with zero attached hydrogens (tertiary/aromatic N) is 3. The lowest BCUT2D eigenvalue weighted by Crippen LogP contribution is -1.99. The van der Waals surface area contributed by atoms with Crippen molar-refractivity contribution >= 4 is 12.0 Å². The summed E-state index contributed by atoms with van der Waals surface area (Å²) in [7, 11) is 3.23. The molecule has 3 aromatic rings. The van der Waals surface area contributed by atoms with Crippen LogP contribution in [0.2, 0.25) is 0 Å². The van der Waals surface area contributed by atoms with Gasteiger partial charge in [-0.2, -0.15) is 5.10 Å². The first-order chi connectivity index (χ1) is 12.7. The highest BCUT2D eigenvalue weighted by molar-refractivity contribution is 5.84. The molecule has 0 fully saturated rings. The van der Waals surface area contributed by atoms with Gasteiger partial charge >= 0.3 is 0 Å². The van der Waals surface area contributed by atoms with E-state index >= 15 is 0 Å². The van der Waals surface area contributed by atoms with Crippen molar-refractivity contribution in [2.24, 2.45) is 5.10 Å². The van der Waals surface area contributed by atoms with E-state index in [1.807, 2.05) is 61.5 Å². The van der Waals surface area contributed by atoms with Gasteiger partial charge in [-0.05, 0) is 19.1 Å². The number of hydrazone groups is 1. The van der Waals surface area contributed by atoms with Crippen molar-refractivity contribution < 1.29 is 9.47 Å². The van der Waals surface area contributed by atoms with Gasteiger partial charge in [-0.15, -0.1) is 0 Å². The minimum absolute atomic E-state index is 0.625. The normalized spacial score (nSPS) is 10.7. The quantitative estimate of drug-likeness (QED) is 0.540. The third kappa shape index (κ3) is 4.16. The smallest absolute Gasteiger partial charge is 0.150 e. The standard InChI is InChI=1S/C20H20N4O2/c1-14-22-18(15-7-5-4-6-8-15)12-20(23-14)24-21-13-16-9-10-17(25-2)11-19(16)26-3/h4-13H,1-3H3,(H,22,23,24)/b21-13+. The molecule has 0 aliphatic heterocycles. The summed E-state index contributed by atoms with van der Waals surface area (Å²) in [5.74, 6) is 2.70. The van der Waals surface area contributed by atoms with E-state index in [2.05, 4.69) is 20.5 Å². The molecule has 0 saturated carbocycles. The minimum Gasteiger partial charge on any atom is -0.497 e. The minimum atomic E-state index is 0.625. The summed E-state index contributed by atoms with van der Waals surface area (Å²) in [5, 5.41) is 4.27. The first-order valence-electron chi connectivity index (χ1n) is 8.12. The zero-order valence-electron chi connectivity index (χ0n) is 14.9. The van der Waals surface area contributed by atoms with Crippen LogP contribution in [0.15, 0.2) is 59.7 Å². The van der Waals surface area contributed by atoms with Crippen molar-refractivity contribution in [3.05, 3.63) is 66.0 Å². The largest absolute Gasteiger partial charge is 0.497 e. The third-order valence-electron chi connectivity index (χ3n) is 3.73. The highest BCUT2D eigenvalue weighted by Gasteiger charge is 2.05. The van der Waals surface area contributed by atoms with Gasteiger partial charge in [0.15, 0.2) is 0 Å². The molecule has 1 N–H and O–H groups in total. The van der Waals surface area contributed by atoms with E-state index in [0.717, 1.165) is 22.6 Å². The Labute approximate surface area is 152 Å². The Morgan fingerprint density at radius 2 is 1.77 bits per heavy atom. The highest BCUT2D eigenvalue weighted by atomic mass is 16.5. The summed E-state index contributed by atoms with van der Waals surface area (Å²) in [4.78, 5) is 8.85. The molecule has 0 aliphatic rings. The average Bonchev–Trinajstić information content (AvgIpc) is 2.68. The molecule has 0 amide bonds. The number of nitrogens with one attached hydrogen (secondary N) is 1. The molecule has 0 spiro atoms. The molecule has 0 unspecified atom stereocenters. The summed E-state index contributed by atoms with van der Waals surface area (Å²) < 4.78 is 10.6. The van der Waals surface area contributed by atoms with Crippen LogP contribution >= 0.6 is 0 Å². The van der Waals surface area contributed by atoms with Gasteiger partial charge in [0.25, 0.3) is 0 Å². The number of ether oxygens (including phenoxy) is 2. The van der Waals surface area contributed by atoms with Gasteiger partial charge in [-0.3, -0.25) is 5.43 Å². The lowest BCUT2D eigenvalue weighted by molar-refractivity contribution is 0.394. The molecule has 1 heterocycles. The maximum absolute atomic E-state index is 5.36. The Morgan fingerprint density at radius 1 is 0.962 bits per heavy atom. The second-order valence-electron chi connectivity index (χ2n) is 5.53. The van der Waals surface area contributed by atoms with E-state index in [4.69, 9.17) is 9.47 Å². The van der Waals surface area contributed by atoms with Crippen molar-refractivity contribution in [3.8, 4) is 22.8 Å². The molecule has 0 atom stereocenters. The fraction of sp³-hybridized carbons (Fsp3) is 0.150. The number of rotatable bonds is 6. The van der Waals surface area contributed by atoms with E-state index in [0.29, 0.717) is 17.4 Å². The van der Waals surface area contributed by atoms with E-state index in [9.17, 15) is 0 Å². The molecule has 6 nitrogen and oxygen atoms in total. The van der Waals surface area contributed by atoms with Crippen LogP contribution in [0.5, 0.6) is 11.5 Å². The van der Waals surface area contributed by atoms with E-state index in [1.165, 1.54) is 0 Å². The van der Waals surface area contributed by atoms with Gasteiger partial charge in [0.05, 0.1) is 26.1 Å². The fourth-order valence-corrected chi connectivity index (χ4v) is 2.47. The maximum atomic E-state index is 5.36. The van der Waals surface area contributed by atoms with Crippen LogP contribution in [0.3, 0.4) is 0 Å². The molecule has 6 heteroatoms. The lowest BCUT2D eigenvalue weighted by atomic mass is 10.1. The highest BCUT2D eigenvalue weighted by Crippen LogP contribution is 2.23. The van der Waals surface area contributed by atoms with E-state index in [1.54, 1.807) is 20.4 Å². The lowest BCUT2D eigenvalue weighted by Gasteiger charge is -2.07. The van der Waals surface area contributed by atoms with Crippen LogP contribution in [-0.2, 0) is 0 Å². The van der Waals surface area contributed by atoms with Crippen LogP contribution in [0, 0.1) is 6.92 Å². The Kier molecular flexibility index (Phi) is 5.43. The van der Waals surface area contributed by atoms with Crippen molar-refractivity contribution in [2.75, 3.05) is 19.6 Å². The number of aryl methyl sites for hydroxylation is 1. The molecular formula is C20H20N4O2. The average molecular weight is 348 g/mol. The van der Waals surface area contributed by atoms with Gasteiger partial charge < -0.3 is 9.47 Å². The Bertz CT molecular complexity index is 911. The maximum Gasteiger partial charge on any atom is 0.150 e. The molecule has 1 aromatic heterocycles. The first kappa shape index (κ1) is 17.4. The second kappa shape index (κ2) is 8.11. The summed E-state index contributed by atoms with van der Waals surface area (Å²) in [6, 6.07) is 17.4. The molecule has 0 aliphatic carbocycles. The first-order valence-corrected chi connectivity index (χ1v) is 8.12. The number of hydrogen-bond acceptors (Lipinski definition) is 6. The van der Waals surface area contributed by atoms with Crippen molar-refractivity contribution in [1.82, 2.24) is 9.97 Å². The predicted octanol–water partition coefficient (Wildman–Crippen LogP) is 3.92. The van der Waals surface area contributed by atoms with Gasteiger partial charge in [0.2, 0.25) is 0 Å². The zero-order valence-corrected chi connectivity index (χ0v) is 14.9. The molecule has 2 aromatic carbocycles. The summed E-state index contributed by atoms with van der Waals surface area (Å²) in [6.45, 7) is 1.85. The molecule has 0 bridgehead atoms. The van der Waals surface area contributed by atoms with Crippen LogP contribution in [0.25, 0.3) is 11.3 Å². The Morgan fingerprint density at radius 3 is 2.50 bits per heavy atom. The Hall–Kier alpha value is -3.41. The number of benzene rings is 2. The van der Waals surface area contributed by atoms with Crippen molar-refractivity contribution in [2.45, 2.75) is 6.92 Å². The SMILES string of the molecule is COc1ccc(/C=N/Nc2cc(-c3ccccc3)nc(C)n2)c(OC)c1. The number of aromatic nitrogens is 2. The third-order valence-corrected chi connectivity index (χ3v) is 3.73. The number of methoxy groups -OCH3 is 2. The predicted molar refractivity (Wildman–Crippen MR) is 103 cm³/mol. The van der Waals surface area contributed by atoms with Gasteiger partial charge in [-0.1, -0.05) is 30.3 Å². The van der Waals surface area contributed by atoms with E-state index < -0.39 is 0 Å². The molecular weight excluding hydrogens is 328 g/mol. The summed E-state index contributed by atoms with van der Waals surface area (Å²) in [5.41, 5.74) is 5.66. The van der Waals surface area contributed by atoms with Crippen molar-refractivity contribution in [1.29, 1.82) is 0 Å². The van der Waals surface area contributed by atoms with Gasteiger partial charge in [-0.25, -0.2) is 9.97 Å². The van der Waals surface area contributed by atoms with Crippen LogP contribution in [0.1, 0.15) is 11.4 Å². The number of hydrogen-bond donors (Lipinski definition) is 1. The molecule has 132 valence electrons. The summed E-state index contributed by atoms with van der Waals surface area (Å²) in [6.07, 6.45) is 1.68. The molecule has 0 radical (unpaired) electrons. The van der Waals surface area contributed by atoms with Gasteiger partial charge in [0, 0.05) is 23.3 Å². The Balaban J connectivity index is 1.80. The van der Waals surface area contributed by atoms with Crippen molar-refractivity contribution in [3.63, 3.8) is 0 Å². The zero-order chi connectivity index (χ0) is 18.4. The van der Waals surface area contributed by atoms with E-state index in [-0.39, 0.29) is 0 Å². The fourth-order valence-electron chi connectivity index (χ4n) is 2.47. The van der Waals surface area contributed by atoms with Crippen LogP contribution < -0.4 is 14.9 Å². The number of anilines is 1. The second-order valence-corrected chi connectivity index (χ2v) is 5.53. The topological polar surface area (TPSA) is 68.6 Å². The van der Waals surface area contributed by atoms with Crippen LogP contribution in [0.4, 0.5) is 5.82 Å². The molecule has 0 saturated heterocycles.